The lowest BCUT2D eigenvalue weighted by Crippen LogP contribution is -2.41. The number of nitrogens with zero attached hydrogens (tertiary/aromatic N) is 2. The number of carbonyl (C=O) groups is 4. The topological polar surface area (TPSA) is 149 Å². The molecule has 0 saturated carbocycles. The molecule has 4 rings (SSSR count). The van der Waals surface area contributed by atoms with Crippen LogP contribution in [0.1, 0.15) is 124 Å². The molecule has 2 heterocycles. The first kappa shape index (κ1) is 40.6. The summed E-state index contributed by atoms with van der Waals surface area (Å²) >= 11 is 0. The molecule has 1 N–H and O–H groups in total. The molecule has 1 fully saturated rings. The maximum Gasteiger partial charge on any atom is 0.410 e. The Hall–Kier alpha value is -4.13. The van der Waals surface area contributed by atoms with Crippen LogP contribution in [-0.4, -0.2) is 86.4 Å². The first-order chi connectivity index (χ1) is 24.5. The van der Waals surface area contributed by atoms with E-state index in [2.05, 4.69) is 5.32 Å². The third kappa shape index (κ3) is 10.9. The van der Waals surface area contributed by atoms with Crippen LogP contribution in [0.15, 0.2) is 30.3 Å². The van der Waals surface area contributed by atoms with Crippen LogP contribution < -0.4 is 14.8 Å². The molecule has 0 spiro atoms. The summed E-state index contributed by atoms with van der Waals surface area (Å²) in [6.45, 7) is 10.6. The second kappa shape index (κ2) is 17.6. The van der Waals surface area contributed by atoms with Gasteiger partial charge in [0.25, 0.3) is 11.8 Å². The quantitative estimate of drug-likeness (QED) is 0.142. The van der Waals surface area contributed by atoms with Crippen LogP contribution in [0.4, 0.5) is 10.5 Å². The van der Waals surface area contributed by atoms with Crippen LogP contribution in [0, 0.1) is 5.92 Å². The van der Waals surface area contributed by atoms with Gasteiger partial charge >= 0.3 is 6.09 Å². The molecule has 0 radical (unpaired) electrons. The summed E-state index contributed by atoms with van der Waals surface area (Å²) in [5.74, 6) is -0.769. The van der Waals surface area contributed by atoms with Gasteiger partial charge in [0.15, 0.2) is 11.5 Å². The molecule has 286 valence electrons. The second-order valence-electron chi connectivity index (χ2n) is 14.9. The number of carbonyl (C=O) groups excluding carboxylic acids is 4. The molecule has 2 aliphatic rings. The summed E-state index contributed by atoms with van der Waals surface area (Å²) < 4.78 is 41.9. The number of anilines is 1. The molecular weight excluding hydrogens is 687 g/mol. The number of benzene rings is 2. The van der Waals surface area contributed by atoms with Crippen molar-refractivity contribution in [1.29, 1.82) is 0 Å². The molecular formula is C39H55N3O9S. The smallest absolute Gasteiger partial charge is 0.410 e. The van der Waals surface area contributed by atoms with Crippen molar-refractivity contribution >= 4 is 39.3 Å². The lowest BCUT2D eigenvalue weighted by molar-refractivity contribution is -0.114. The summed E-state index contributed by atoms with van der Waals surface area (Å²) in [5.41, 5.74) is 1.15. The van der Waals surface area contributed by atoms with Crippen LogP contribution >= 0.6 is 0 Å². The van der Waals surface area contributed by atoms with Gasteiger partial charge in [0.1, 0.15) is 15.4 Å². The van der Waals surface area contributed by atoms with E-state index in [1.54, 1.807) is 37.3 Å². The molecule has 1 saturated heterocycles. The SMILES string of the molecule is CCOc1cc(C(CS(C)(=O)=O)N2C(=O)c3cc(CCCCCCCC4CCN(C(=O)OC(C)(C)C)CC4)cc(NC(C)=O)c3C2=O)ccc1OC. The molecule has 0 aliphatic carbocycles. The van der Waals surface area contributed by atoms with Crippen LogP contribution in [0.3, 0.4) is 0 Å². The number of nitrogens with one attached hydrogen (secondary N) is 1. The molecule has 0 aromatic heterocycles. The average Bonchev–Trinajstić information content (AvgIpc) is 3.31. The fourth-order valence-corrected chi connectivity index (χ4v) is 7.87. The summed E-state index contributed by atoms with van der Waals surface area (Å²) in [6.07, 6.45) is 9.75. The van der Waals surface area contributed by atoms with Gasteiger partial charge in [-0.2, -0.15) is 0 Å². The summed E-state index contributed by atoms with van der Waals surface area (Å²) in [6, 6.07) is 7.13. The van der Waals surface area contributed by atoms with E-state index in [1.165, 1.54) is 14.0 Å². The molecule has 1 unspecified atom stereocenters. The van der Waals surface area contributed by atoms with Gasteiger partial charge in [-0.15, -0.1) is 0 Å². The predicted octanol–water partition coefficient (Wildman–Crippen LogP) is 6.96. The van der Waals surface area contributed by atoms with Crippen LogP contribution in [0.25, 0.3) is 0 Å². The van der Waals surface area contributed by atoms with Crippen molar-refractivity contribution in [1.82, 2.24) is 9.80 Å². The summed E-state index contributed by atoms with van der Waals surface area (Å²) in [7, 11) is -2.18. The predicted molar refractivity (Wildman–Crippen MR) is 200 cm³/mol. The van der Waals surface area contributed by atoms with Crippen LogP contribution in [0.5, 0.6) is 11.5 Å². The van der Waals surface area contributed by atoms with E-state index in [-0.39, 0.29) is 22.9 Å². The third-order valence-electron chi connectivity index (χ3n) is 9.38. The van der Waals surface area contributed by atoms with E-state index in [0.29, 0.717) is 36.0 Å². The number of aryl methyl sites for hydroxylation is 1. The van der Waals surface area contributed by atoms with E-state index in [1.807, 2.05) is 25.7 Å². The number of hydrogen-bond donors (Lipinski definition) is 1. The Kier molecular flexibility index (Phi) is 13.7. The number of sulfone groups is 1. The number of rotatable bonds is 16. The maximum absolute atomic E-state index is 14.0. The minimum Gasteiger partial charge on any atom is -0.493 e. The Morgan fingerprint density at radius 3 is 2.25 bits per heavy atom. The minimum atomic E-state index is -3.67. The van der Waals surface area contributed by atoms with Gasteiger partial charge in [0.2, 0.25) is 5.91 Å². The number of piperidine rings is 1. The van der Waals surface area contributed by atoms with Crippen LogP contribution in [0.2, 0.25) is 0 Å². The number of imide groups is 1. The van der Waals surface area contributed by atoms with Crippen LogP contribution in [-0.2, 0) is 25.8 Å². The van der Waals surface area contributed by atoms with Crippen molar-refractivity contribution in [2.75, 3.05) is 44.1 Å². The van der Waals surface area contributed by atoms with Gasteiger partial charge in [-0.25, -0.2) is 13.2 Å². The third-order valence-corrected chi connectivity index (χ3v) is 10.3. The van der Waals surface area contributed by atoms with Gasteiger partial charge in [-0.1, -0.05) is 38.2 Å². The Labute approximate surface area is 308 Å². The van der Waals surface area contributed by atoms with Crippen molar-refractivity contribution < 1.29 is 41.8 Å². The molecule has 0 bridgehead atoms. The van der Waals surface area contributed by atoms with Gasteiger partial charge in [0, 0.05) is 26.3 Å². The lowest BCUT2D eigenvalue weighted by atomic mass is 9.91. The van der Waals surface area contributed by atoms with Gasteiger partial charge < -0.3 is 24.4 Å². The molecule has 2 aliphatic heterocycles. The number of fused-ring (bicyclic) bond motifs is 1. The fourth-order valence-electron chi connectivity index (χ4n) is 6.96. The average molecular weight is 742 g/mol. The molecule has 4 amide bonds. The Morgan fingerprint density at radius 2 is 1.63 bits per heavy atom. The zero-order valence-electron chi connectivity index (χ0n) is 31.7. The van der Waals surface area contributed by atoms with Crippen molar-refractivity contribution in [2.24, 2.45) is 5.92 Å². The van der Waals surface area contributed by atoms with Gasteiger partial charge in [-0.3, -0.25) is 19.3 Å². The zero-order chi connectivity index (χ0) is 38.2. The largest absolute Gasteiger partial charge is 0.493 e. The van der Waals surface area contributed by atoms with Gasteiger partial charge in [0.05, 0.1) is 42.3 Å². The van der Waals surface area contributed by atoms with E-state index in [0.717, 1.165) is 81.2 Å². The second-order valence-corrected chi connectivity index (χ2v) is 17.1. The first-order valence-corrected chi connectivity index (χ1v) is 20.4. The van der Waals surface area contributed by atoms with Crippen molar-refractivity contribution in [3.63, 3.8) is 0 Å². The normalized spacial score (nSPS) is 15.8. The number of ether oxygens (including phenoxy) is 3. The molecule has 52 heavy (non-hydrogen) atoms. The van der Waals surface area contributed by atoms with Crippen molar-refractivity contribution in [2.45, 2.75) is 104 Å². The highest BCUT2D eigenvalue weighted by Crippen LogP contribution is 2.39. The number of methoxy groups -OCH3 is 1. The highest BCUT2D eigenvalue weighted by Gasteiger charge is 2.44. The Balaban J connectivity index is 1.39. The van der Waals surface area contributed by atoms with Gasteiger partial charge in [-0.05, 0) is 94.7 Å². The standard InChI is InChI=1S/C39H55N3O9S/c1-8-50-34-24-29(16-17-33(34)49-6)32(25-52(7,47)48)42-36(44)30-22-28(23-31(40-26(2)43)35(30)37(42)45)15-13-11-9-10-12-14-27-18-20-41(21-19-27)38(46)51-39(3,4)5/h16-17,22-24,27,32H,8-15,18-21,25H2,1-7H3,(H,40,43). The van der Waals surface area contributed by atoms with Crippen molar-refractivity contribution in [3.8, 4) is 11.5 Å². The summed E-state index contributed by atoms with van der Waals surface area (Å²) in [5, 5.41) is 2.73. The van der Waals surface area contributed by atoms with Crippen molar-refractivity contribution in [3.05, 3.63) is 52.6 Å². The maximum atomic E-state index is 14.0. The molecule has 12 nitrogen and oxygen atoms in total. The minimum absolute atomic E-state index is 0.0536. The number of likely N-dealkylation sites (tertiary alicyclic amines) is 1. The molecule has 1 atom stereocenters. The molecule has 2 aromatic rings. The summed E-state index contributed by atoms with van der Waals surface area (Å²) in [4.78, 5) is 55.4. The van der Waals surface area contributed by atoms with E-state index in [4.69, 9.17) is 14.2 Å². The highest BCUT2D eigenvalue weighted by molar-refractivity contribution is 7.90. The van der Waals surface area contributed by atoms with E-state index >= 15 is 0 Å². The molecule has 2 aromatic carbocycles. The molecule has 13 heteroatoms. The fraction of sp³-hybridized carbons (Fsp3) is 0.590. The van der Waals surface area contributed by atoms with E-state index < -0.39 is 45.0 Å². The lowest BCUT2D eigenvalue weighted by Gasteiger charge is -2.33. The number of hydrogen-bond acceptors (Lipinski definition) is 9. The number of unbranched alkanes of at least 4 members (excludes halogenated alkanes) is 4. The number of amides is 4. The monoisotopic (exact) mass is 741 g/mol. The Bertz CT molecular complexity index is 1730. The first-order valence-electron chi connectivity index (χ1n) is 18.3. The van der Waals surface area contributed by atoms with E-state index in [9.17, 15) is 27.6 Å². The Morgan fingerprint density at radius 1 is 0.962 bits per heavy atom. The zero-order valence-corrected chi connectivity index (χ0v) is 32.5. The highest BCUT2D eigenvalue weighted by atomic mass is 32.2.